The molecule has 150 valence electrons. The monoisotopic (exact) mass is 397 g/mol. The van der Waals surface area contributed by atoms with Crippen LogP contribution < -0.4 is 0 Å². The Kier molecular flexibility index (Phi) is 4.79. The summed E-state index contributed by atoms with van der Waals surface area (Å²) in [6.07, 6.45) is 6.73. The molecule has 1 fully saturated rings. The van der Waals surface area contributed by atoms with E-state index in [-0.39, 0.29) is 5.97 Å². The highest BCUT2D eigenvalue weighted by molar-refractivity contribution is 5.91. The molecule has 4 aromatic rings. The van der Waals surface area contributed by atoms with Crippen LogP contribution in [0.25, 0.3) is 10.9 Å². The quantitative estimate of drug-likeness (QED) is 0.441. The topological polar surface area (TPSA) is 57.0 Å². The average Bonchev–Trinajstić information content (AvgIpc) is 3.56. The second-order valence-corrected chi connectivity index (χ2v) is 7.89. The first-order valence-electron chi connectivity index (χ1n) is 10.3. The van der Waals surface area contributed by atoms with Crippen LogP contribution in [0.3, 0.4) is 0 Å². The molecule has 0 spiro atoms. The summed E-state index contributed by atoms with van der Waals surface area (Å²) in [5.41, 5.74) is 5.86. The van der Waals surface area contributed by atoms with Crippen molar-refractivity contribution in [3.8, 4) is 0 Å². The van der Waals surface area contributed by atoms with Crippen molar-refractivity contribution in [3.05, 3.63) is 94.9 Å². The molecular weight excluding hydrogens is 374 g/mol. The van der Waals surface area contributed by atoms with E-state index in [0.29, 0.717) is 17.9 Å². The highest BCUT2D eigenvalue weighted by Crippen LogP contribution is 2.40. The van der Waals surface area contributed by atoms with Gasteiger partial charge in [-0.05, 0) is 53.6 Å². The molecule has 0 saturated heterocycles. The smallest absolute Gasteiger partial charge is 0.339 e. The number of aromatic nitrogens is 3. The predicted molar refractivity (Wildman–Crippen MR) is 116 cm³/mol. The summed E-state index contributed by atoms with van der Waals surface area (Å²) in [4.78, 5) is 17.0. The number of hydrogen-bond acceptors (Lipinski definition) is 4. The Morgan fingerprint density at radius 2 is 1.90 bits per heavy atom. The molecule has 1 aliphatic carbocycles. The molecule has 5 rings (SSSR count). The third kappa shape index (κ3) is 3.71. The van der Waals surface area contributed by atoms with Gasteiger partial charge in [-0.15, -0.1) is 0 Å². The minimum atomic E-state index is -0.322. The number of methoxy groups -OCH3 is 1. The predicted octanol–water partition coefficient (Wildman–Crippen LogP) is 4.73. The highest BCUT2D eigenvalue weighted by atomic mass is 16.5. The van der Waals surface area contributed by atoms with Gasteiger partial charge < -0.3 is 4.74 Å². The minimum Gasteiger partial charge on any atom is -0.465 e. The molecule has 0 bridgehead atoms. The molecule has 30 heavy (non-hydrogen) atoms. The van der Waals surface area contributed by atoms with Gasteiger partial charge in [0.2, 0.25) is 0 Å². The van der Waals surface area contributed by atoms with Gasteiger partial charge in [0.15, 0.2) is 0 Å². The number of benzene rings is 2. The molecular formula is C25H23N3O2. The molecule has 0 atom stereocenters. The van der Waals surface area contributed by atoms with Gasteiger partial charge in [-0.2, -0.15) is 5.10 Å². The number of pyridine rings is 1. The van der Waals surface area contributed by atoms with Crippen molar-refractivity contribution >= 4 is 16.9 Å². The van der Waals surface area contributed by atoms with Gasteiger partial charge in [-0.3, -0.25) is 9.67 Å². The first kappa shape index (κ1) is 18.6. The number of carbonyl (C=O) groups is 1. The summed E-state index contributed by atoms with van der Waals surface area (Å²) in [5.74, 6) is 0.221. The maximum atomic E-state index is 12.3. The van der Waals surface area contributed by atoms with Crippen molar-refractivity contribution in [1.82, 2.24) is 14.8 Å². The van der Waals surface area contributed by atoms with Crippen molar-refractivity contribution in [1.29, 1.82) is 0 Å². The zero-order valence-corrected chi connectivity index (χ0v) is 16.9. The molecule has 1 aliphatic rings. The molecule has 2 aromatic carbocycles. The van der Waals surface area contributed by atoms with Crippen LogP contribution in [0.1, 0.15) is 51.5 Å². The molecule has 5 nitrogen and oxygen atoms in total. The number of carbonyl (C=O) groups excluding carboxylic acids is 1. The third-order valence-electron chi connectivity index (χ3n) is 5.70. The fourth-order valence-electron chi connectivity index (χ4n) is 3.90. The van der Waals surface area contributed by atoms with E-state index in [1.165, 1.54) is 25.5 Å². The molecule has 0 amide bonds. The maximum Gasteiger partial charge on any atom is 0.339 e. The molecule has 0 aliphatic heterocycles. The summed E-state index contributed by atoms with van der Waals surface area (Å²) >= 11 is 0. The lowest BCUT2D eigenvalue weighted by Crippen LogP contribution is -2.09. The first-order chi connectivity index (χ1) is 14.7. The van der Waals surface area contributed by atoms with Gasteiger partial charge in [0.25, 0.3) is 0 Å². The van der Waals surface area contributed by atoms with E-state index in [4.69, 9.17) is 4.74 Å². The second kappa shape index (κ2) is 7.75. The highest BCUT2D eigenvalue weighted by Gasteiger charge is 2.26. The van der Waals surface area contributed by atoms with E-state index in [2.05, 4.69) is 40.4 Å². The SMILES string of the molecule is COC(=O)c1cc(C2CC2)cnc1Cc1ccc2c(cnn2Cc2ccccc2)c1. The van der Waals surface area contributed by atoms with E-state index >= 15 is 0 Å². The zero-order chi connectivity index (χ0) is 20.5. The normalized spacial score (nSPS) is 13.5. The standard InChI is InChI=1S/C25H23N3O2/c1-30-25(29)22-13-20(19-8-9-19)14-26-23(22)12-18-7-10-24-21(11-18)15-27-28(24)16-17-5-3-2-4-6-17/h2-7,10-11,13-15,19H,8-9,12,16H2,1H3. The summed E-state index contributed by atoms with van der Waals surface area (Å²) in [7, 11) is 1.42. The molecule has 0 N–H and O–H groups in total. The van der Waals surface area contributed by atoms with Gasteiger partial charge in [0.05, 0.1) is 36.6 Å². The van der Waals surface area contributed by atoms with Crippen LogP contribution in [0, 0.1) is 0 Å². The minimum absolute atomic E-state index is 0.322. The number of rotatable bonds is 6. The van der Waals surface area contributed by atoms with Crippen LogP contribution in [0.2, 0.25) is 0 Å². The van der Waals surface area contributed by atoms with E-state index in [0.717, 1.165) is 34.3 Å². The Balaban J connectivity index is 1.42. The summed E-state index contributed by atoms with van der Waals surface area (Å²) in [6.45, 7) is 0.736. The number of esters is 1. The number of ether oxygens (including phenoxy) is 1. The van der Waals surface area contributed by atoms with Crippen molar-refractivity contribution in [2.75, 3.05) is 7.11 Å². The van der Waals surface area contributed by atoms with Crippen LogP contribution in [0.15, 0.2) is 67.0 Å². The van der Waals surface area contributed by atoms with Crippen molar-refractivity contribution in [2.45, 2.75) is 31.7 Å². The maximum absolute atomic E-state index is 12.3. The van der Waals surface area contributed by atoms with Gasteiger partial charge >= 0.3 is 5.97 Å². The summed E-state index contributed by atoms with van der Waals surface area (Å²) < 4.78 is 7.02. The molecule has 1 saturated carbocycles. The first-order valence-corrected chi connectivity index (χ1v) is 10.3. The Morgan fingerprint density at radius 3 is 2.67 bits per heavy atom. The number of fused-ring (bicyclic) bond motifs is 1. The van der Waals surface area contributed by atoms with Crippen LogP contribution in [0.5, 0.6) is 0 Å². The fourth-order valence-corrected chi connectivity index (χ4v) is 3.90. The summed E-state index contributed by atoms with van der Waals surface area (Å²) in [5, 5.41) is 5.64. The lowest BCUT2D eigenvalue weighted by Gasteiger charge is -2.10. The van der Waals surface area contributed by atoms with E-state index in [9.17, 15) is 4.79 Å². The van der Waals surface area contributed by atoms with E-state index in [1.54, 1.807) is 0 Å². The Labute approximate surface area is 175 Å². The van der Waals surface area contributed by atoms with Crippen molar-refractivity contribution in [2.24, 2.45) is 0 Å². The molecule has 0 unspecified atom stereocenters. The third-order valence-corrected chi connectivity index (χ3v) is 5.70. The van der Waals surface area contributed by atoms with Gasteiger partial charge in [-0.1, -0.05) is 36.4 Å². The van der Waals surface area contributed by atoms with Crippen molar-refractivity contribution in [3.63, 3.8) is 0 Å². The average molecular weight is 397 g/mol. The molecule has 2 aromatic heterocycles. The van der Waals surface area contributed by atoms with Gasteiger partial charge in [-0.25, -0.2) is 4.79 Å². The molecule has 5 heteroatoms. The Morgan fingerprint density at radius 1 is 1.07 bits per heavy atom. The van der Waals surface area contributed by atoms with Crippen LogP contribution >= 0.6 is 0 Å². The second-order valence-electron chi connectivity index (χ2n) is 7.89. The van der Waals surface area contributed by atoms with Crippen LogP contribution in [0.4, 0.5) is 0 Å². The van der Waals surface area contributed by atoms with E-state index < -0.39 is 0 Å². The lowest BCUT2D eigenvalue weighted by atomic mass is 10.0. The number of hydrogen-bond donors (Lipinski definition) is 0. The van der Waals surface area contributed by atoms with E-state index in [1.807, 2.05) is 41.3 Å². The van der Waals surface area contributed by atoms with Crippen molar-refractivity contribution < 1.29 is 9.53 Å². The fraction of sp³-hybridized carbons (Fsp3) is 0.240. The Bertz CT molecular complexity index is 1210. The Hall–Kier alpha value is -3.47. The molecule has 2 heterocycles. The largest absolute Gasteiger partial charge is 0.465 e. The van der Waals surface area contributed by atoms with Gasteiger partial charge in [0.1, 0.15) is 0 Å². The molecule has 0 radical (unpaired) electrons. The van der Waals surface area contributed by atoms with Crippen LogP contribution in [-0.4, -0.2) is 27.8 Å². The lowest BCUT2D eigenvalue weighted by molar-refractivity contribution is 0.0599. The zero-order valence-electron chi connectivity index (χ0n) is 16.9. The van der Waals surface area contributed by atoms with Gasteiger partial charge in [0, 0.05) is 18.0 Å². The number of nitrogens with zero attached hydrogens (tertiary/aromatic N) is 3. The summed E-state index contributed by atoms with van der Waals surface area (Å²) in [6, 6.07) is 18.6. The van der Waals surface area contributed by atoms with Crippen LogP contribution in [-0.2, 0) is 17.7 Å².